The Morgan fingerprint density at radius 2 is 0.730 bits per heavy atom. The Kier molecular flexibility index (Phi) is 8.90. The van der Waals surface area contributed by atoms with Gasteiger partial charge in [-0.2, -0.15) is 0 Å². The van der Waals surface area contributed by atoms with E-state index in [1.807, 2.05) is 0 Å². The summed E-state index contributed by atoms with van der Waals surface area (Å²) in [6.07, 6.45) is 0. The van der Waals surface area contributed by atoms with Crippen molar-refractivity contribution in [3.05, 3.63) is 249 Å². The summed E-state index contributed by atoms with van der Waals surface area (Å²) >= 11 is 0. The molecule has 0 N–H and O–H groups in total. The zero-order valence-electron chi connectivity index (χ0n) is 34.6. The minimum Gasteiger partial charge on any atom is -0.310 e. The second kappa shape index (κ2) is 15.3. The Balaban J connectivity index is 1.15. The van der Waals surface area contributed by atoms with E-state index in [2.05, 4.69) is 254 Å². The van der Waals surface area contributed by atoms with E-state index in [-0.39, 0.29) is 0 Å². The SMILES string of the molecule is c1ccc(-c2cc(-c3ccccc3)c3c4ccccc4c4cc(N(c5ccc(-c6cccc7ccccc67)cc5)c5ccc6ccccc6c5)ccc4c3c2-c2ccccc2)cc1. The zero-order valence-corrected chi connectivity index (χ0v) is 34.6. The van der Waals surface area contributed by atoms with Crippen LogP contribution < -0.4 is 4.90 Å². The lowest BCUT2D eigenvalue weighted by molar-refractivity contribution is 1.30. The van der Waals surface area contributed by atoms with Crippen molar-refractivity contribution in [2.75, 3.05) is 4.90 Å². The van der Waals surface area contributed by atoms with E-state index in [1.165, 1.54) is 98.4 Å². The third-order valence-electron chi connectivity index (χ3n) is 12.8. The third kappa shape index (κ3) is 6.33. The molecule has 0 heterocycles. The van der Waals surface area contributed by atoms with Gasteiger partial charge in [0.2, 0.25) is 0 Å². The van der Waals surface area contributed by atoms with Crippen molar-refractivity contribution in [2.24, 2.45) is 0 Å². The van der Waals surface area contributed by atoms with Crippen LogP contribution >= 0.6 is 0 Å². The summed E-state index contributed by atoms with van der Waals surface area (Å²) in [5, 5.41) is 12.4. The first-order valence-electron chi connectivity index (χ1n) is 21.8. The smallest absolute Gasteiger partial charge is 0.0468 e. The highest BCUT2D eigenvalue weighted by atomic mass is 15.1. The molecule has 0 radical (unpaired) electrons. The van der Waals surface area contributed by atoms with Crippen molar-refractivity contribution in [1.82, 2.24) is 0 Å². The second-order valence-corrected chi connectivity index (χ2v) is 16.4. The highest BCUT2D eigenvalue weighted by Gasteiger charge is 2.23. The van der Waals surface area contributed by atoms with Crippen LogP contribution in [0.1, 0.15) is 0 Å². The summed E-state index contributed by atoms with van der Waals surface area (Å²) in [6, 6.07) is 91.2. The Morgan fingerprint density at radius 3 is 1.46 bits per heavy atom. The molecule has 1 nitrogen and oxygen atoms in total. The van der Waals surface area contributed by atoms with E-state index in [0.29, 0.717) is 0 Å². The van der Waals surface area contributed by atoms with E-state index in [4.69, 9.17) is 0 Å². The highest BCUT2D eigenvalue weighted by Crippen LogP contribution is 2.50. The van der Waals surface area contributed by atoms with E-state index in [1.54, 1.807) is 0 Å². The molecule has 63 heavy (non-hydrogen) atoms. The molecule has 0 bridgehead atoms. The Bertz CT molecular complexity index is 3640. The number of hydrogen-bond acceptors (Lipinski definition) is 1. The molecule has 12 rings (SSSR count). The minimum atomic E-state index is 1.10. The van der Waals surface area contributed by atoms with Gasteiger partial charge < -0.3 is 4.90 Å². The molecule has 0 unspecified atom stereocenters. The van der Waals surface area contributed by atoms with Crippen LogP contribution in [0.15, 0.2) is 249 Å². The second-order valence-electron chi connectivity index (χ2n) is 16.4. The molecule has 1 heteroatoms. The van der Waals surface area contributed by atoms with Gasteiger partial charge in [-0.25, -0.2) is 0 Å². The van der Waals surface area contributed by atoms with Crippen molar-refractivity contribution in [3.63, 3.8) is 0 Å². The quantitative estimate of drug-likeness (QED) is 0.145. The zero-order chi connectivity index (χ0) is 41.7. The molecular formula is C62H41N. The average molecular weight is 800 g/mol. The number of benzene rings is 12. The van der Waals surface area contributed by atoms with E-state index < -0.39 is 0 Å². The summed E-state index contributed by atoms with van der Waals surface area (Å²) in [6.45, 7) is 0. The fourth-order valence-electron chi connectivity index (χ4n) is 9.91. The Hall–Kier alpha value is -8.26. The number of anilines is 3. The van der Waals surface area contributed by atoms with Crippen LogP contribution in [0.3, 0.4) is 0 Å². The van der Waals surface area contributed by atoms with Gasteiger partial charge in [-0.15, -0.1) is 0 Å². The van der Waals surface area contributed by atoms with Crippen LogP contribution in [0.25, 0.3) is 98.4 Å². The lowest BCUT2D eigenvalue weighted by Crippen LogP contribution is -2.10. The molecule has 294 valence electrons. The molecule has 0 aliphatic carbocycles. The maximum absolute atomic E-state index is 2.44. The average Bonchev–Trinajstić information content (AvgIpc) is 3.36. The summed E-state index contributed by atoms with van der Waals surface area (Å²) in [4.78, 5) is 2.42. The van der Waals surface area contributed by atoms with Gasteiger partial charge in [0.25, 0.3) is 0 Å². The van der Waals surface area contributed by atoms with E-state index in [0.717, 1.165) is 17.1 Å². The summed E-state index contributed by atoms with van der Waals surface area (Å²) in [7, 11) is 0. The number of fused-ring (bicyclic) bond motifs is 8. The largest absolute Gasteiger partial charge is 0.310 e. The number of nitrogens with zero attached hydrogens (tertiary/aromatic N) is 1. The van der Waals surface area contributed by atoms with E-state index in [9.17, 15) is 0 Å². The van der Waals surface area contributed by atoms with Gasteiger partial charge in [-0.05, 0) is 141 Å². The standard InChI is InChI=1S/C62H41N/c1-4-18-44(19-5-1)57-41-58(45-20-6-2-7-21-45)61-55-29-15-14-28-54(55)59-40-51(37-38-56(59)62(61)60(57)47-23-8-3-9-24-47)63(50-36-31-42-17-10-11-25-48(42)39-50)49-34-32-46(33-35-49)53-30-16-26-43-22-12-13-27-52(43)53/h1-41H. The summed E-state index contributed by atoms with van der Waals surface area (Å²) < 4.78 is 0. The van der Waals surface area contributed by atoms with Crippen molar-refractivity contribution < 1.29 is 0 Å². The molecule has 12 aromatic carbocycles. The maximum atomic E-state index is 2.44. The molecule has 12 aromatic rings. The maximum Gasteiger partial charge on any atom is 0.0468 e. The molecule has 0 amide bonds. The molecule has 0 aliphatic rings. The van der Waals surface area contributed by atoms with Gasteiger partial charge in [0.15, 0.2) is 0 Å². The Morgan fingerprint density at radius 1 is 0.222 bits per heavy atom. The Labute approximate surface area is 367 Å². The molecular weight excluding hydrogens is 759 g/mol. The summed E-state index contributed by atoms with van der Waals surface area (Å²) in [5.74, 6) is 0. The van der Waals surface area contributed by atoms with Gasteiger partial charge in [-0.3, -0.25) is 0 Å². The van der Waals surface area contributed by atoms with Gasteiger partial charge in [0.05, 0.1) is 0 Å². The van der Waals surface area contributed by atoms with Crippen LogP contribution in [0, 0.1) is 0 Å². The van der Waals surface area contributed by atoms with Gasteiger partial charge in [0, 0.05) is 17.1 Å². The van der Waals surface area contributed by atoms with Gasteiger partial charge >= 0.3 is 0 Å². The summed E-state index contributed by atoms with van der Waals surface area (Å²) in [5.41, 5.74) is 13.0. The lowest BCUT2D eigenvalue weighted by Gasteiger charge is -2.27. The molecule has 0 aromatic heterocycles. The minimum absolute atomic E-state index is 1.10. The van der Waals surface area contributed by atoms with Gasteiger partial charge in [0.1, 0.15) is 0 Å². The van der Waals surface area contributed by atoms with Crippen LogP contribution in [0.5, 0.6) is 0 Å². The first kappa shape index (κ1) is 36.6. The molecule has 0 fully saturated rings. The van der Waals surface area contributed by atoms with Crippen molar-refractivity contribution in [3.8, 4) is 44.5 Å². The van der Waals surface area contributed by atoms with Crippen LogP contribution in [-0.2, 0) is 0 Å². The fraction of sp³-hybridized carbons (Fsp3) is 0. The molecule has 0 aliphatic heterocycles. The predicted octanol–water partition coefficient (Wildman–Crippen LogP) is 17.6. The van der Waals surface area contributed by atoms with Crippen LogP contribution in [0.4, 0.5) is 17.1 Å². The third-order valence-corrected chi connectivity index (χ3v) is 12.8. The predicted molar refractivity (Wildman–Crippen MR) is 270 cm³/mol. The molecule has 0 saturated heterocycles. The fourth-order valence-corrected chi connectivity index (χ4v) is 9.91. The van der Waals surface area contributed by atoms with Crippen molar-refractivity contribution in [2.45, 2.75) is 0 Å². The van der Waals surface area contributed by atoms with Crippen LogP contribution in [-0.4, -0.2) is 0 Å². The molecule has 0 atom stereocenters. The van der Waals surface area contributed by atoms with Crippen LogP contribution in [0.2, 0.25) is 0 Å². The lowest BCUT2D eigenvalue weighted by atomic mass is 9.81. The first-order chi connectivity index (χ1) is 31.3. The van der Waals surface area contributed by atoms with Crippen molar-refractivity contribution >= 4 is 70.9 Å². The monoisotopic (exact) mass is 799 g/mol. The van der Waals surface area contributed by atoms with Crippen molar-refractivity contribution in [1.29, 1.82) is 0 Å². The van der Waals surface area contributed by atoms with Gasteiger partial charge in [-0.1, -0.05) is 206 Å². The normalized spacial score (nSPS) is 11.5. The molecule has 0 saturated carbocycles. The number of hydrogen-bond donors (Lipinski definition) is 0. The number of rotatable bonds is 7. The first-order valence-corrected chi connectivity index (χ1v) is 21.8. The topological polar surface area (TPSA) is 3.24 Å². The highest BCUT2D eigenvalue weighted by molar-refractivity contribution is 6.33. The molecule has 0 spiro atoms. The van der Waals surface area contributed by atoms with E-state index >= 15 is 0 Å².